The average Bonchev–Trinajstić information content (AvgIpc) is 2.75. The van der Waals surface area contributed by atoms with Gasteiger partial charge in [0.05, 0.1) is 0 Å². The molecule has 1 aromatic heterocycles. The Morgan fingerprint density at radius 2 is 2.11 bits per heavy atom. The molecular formula is C11H19ClN4O2. The Hall–Kier alpha value is -1.30. The smallest absolute Gasteiger partial charge is 0.318 e. The molecule has 1 amide bonds. The molecule has 0 fully saturated rings. The number of carbonyl (C=O) groups excluding carboxylic acids is 1. The summed E-state index contributed by atoms with van der Waals surface area (Å²) >= 11 is 5.82. The van der Waals surface area contributed by atoms with Gasteiger partial charge in [-0.05, 0) is 12.8 Å². The van der Waals surface area contributed by atoms with Crippen molar-refractivity contribution < 1.29 is 9.21 Å². The summed E-state index contributed by atoms with van der Waals surface area (Å²) in [6.45, 7) is 6.64. The molecule has 1 N–H and O–H groups in total. The molecule has 0 aliphatic heterocycles. The summed E-state index contributed by atoms with van der Waals surface area (Å²) in [5, 5.41) is 10.1. The number of alkyl halides is 1. The van der Waals surface area contributed by atoms with E-state index in [4.69, 9.17) is 16.0 Å². The summed E-state index contributed by atoms with van der Waals surface area (Å²) in [6, 6.07) is 0.289. The first kappa shape index (κ1) is 14.8. The standard InChI is InChI=1S/C11H19ClN4O2/c1-7(2)5-13-9(17)6-16(4)11-15-14-10(18-11)8(3)12/h7-8H,5-6H2,1-4H3,(H,13,17). The van der Waals surface area contributed by atoms with Crippen LogP contribution in [0.2, 0.25) is 0 Å². The molecule has 7 heteroatoms. The van der Waals surface area contributed by atoms with Gasteiger partial charge in [-0.3, -0.25) is 4.79 Å². The molecule has 1 unspecified atom stereocenters. The van der Waals surface area contributed by atoms with Crippen LogP contribution in [-0.4, -0.2) is 36.2 Å². The number of amides is 1. The van der Waals surface area contributed by atoms with E-state index < -0.39 is 0 Å². The lowest BCUT2D eigenvalue weighted by Gasteiger charge is -2.14. The second kappa shape index (κ2) is 6.58. The van der Waals surface area contributed by atoms with Gasteiger partial charge in [-0.25, -0.2) is 0 Å². The van der Waals surface area contributed by atoms with Gasteiger partial charge >= 0.3 is 6.01 Å². The quantitative estimate of drug-likeness (QED) is 0.798. The van der Waals surface area contributed by atoms with Gasteiger partial charge in [0, 0.05) is 13.6 Å². The highest BCUT2D eigenvalue weighted by Gasteiger charge is 2.16. The van der Waals surface area contributed by atoms with Crippen LogP contribution in [0.5, 0.6) is 0 Å². The number of nitrogens with one attached hydrogen (secondary N) is 1. The summed E-state index contributed by atoms with van der Waals surface area (Å²) < 4.78 is 5.33. The van der Waals surface area contributed by atoms with Crippen molar-refractivity contribution in [3.05, 3.63) is 5.89 Å². The SMILES string of the molecule is CC(C)CNC(=O)CN(C)c1nnc(C(C)Cl)o1. The maximum absolute atomic E-state index is 11.6. The second-order valence-corrected chi connectivity index (χ2v) is 5.25. The predicted molar refractivity (Wildman–Crippen MR) is 69.7 cm³/mol. The Labute approximate surface area is 112 Å². The van der Waals surface area contributed by atoms with Crippen LogP contribution in [0.25, 0.3) is 0 Å². The number of hydrogen-bond donors (Lipinski definition) is 1. The summed E-state index contributed by atoms with van der Waals surface area (Å²) in [5.74, 6) is 0.692. The minimum Gasteiger partial charge on any atom is -0.406 e. The Morgan fingerprint density at radius 3 is 2.61 bits per heavy atom. The first-order valence-corrected chi connectivity index (χ1v) is 6.29. The Morgan fingerprint density at radius 1 is 1.44 bits per heavy atom. The molecule has 102 valence electrons. The van der Waals surface area contributed by atoms with Gasteiger partial charge in [0.15, 0.2) is 0 Å². The van der Waals surface area contributed by atoms with Gasteiger partial charge < -0.3 is 14.6 Å². The van der Waals surface area contributed by atoms with E-state index in [1.807, 2.05) is 13.8 Å². The summed E-state index contributed by atoms with van der Waals surface area (Å²) in [7, 11) is 1.71. The Bertz CT molecular complexity index is 392. The number of carbonyl (C=O) groups is 1. The molecule has 1 aromatic rings. The largest absolute Gasteiger partial charge is 0.406 e. The Balaban J connectivity index is 2.48. The molecule has 0 aliphatic rings. The third kappa shape index (κ3) is 4.52. The summed E-state index contributed by atoms with van der Waals surface area (Å²) in [5.41, 5.74) is 0. The normalized spacial score (nSPS) is 12.6. The van der Waals surface area contributed by atoms with Crippen molar-refractivity contribution in [2.24, 2.45) is 5.92 Å². The second-order valence-electron chi connectivity index (χ2n) is 4.59. The lowest BCUT2D eigenvalue weighted by molar-refractivity contribution is -0.119. The van der Waals surface area contributed by atoms with Crippen LogP contribution in [0, 0.1) is 5.92 Å². The molecule has 1 rings (SSSR count). The van der Waals surface area contributed by atoms with Crippen LogP contribution in [0.1, 0.15) is 32.0 Å². The van der Waals surface area contributed by atoms with E-state index in [0.29, 0.717) is 18.4 Å². The van der Waals surface area contributed by atoms with Crippen LogP contribution >= 0.6 is 11.6 Å². The highest BCUT2D eigenvalue weighted by atomic mass is 35.5. The van der Waals surface area contributed by atoms with Crippen LogP contribution < -0.4 is 10.2 Å². The maximum atomic E-state index is 11.6. The molecule has 0 saturated carbocycles. The molecule has 0 aromatic carbocycles. The van der Waals surface area contributed by atoms with E-state index in [9.17, 15) is 4.79 Å². The third-order valence-electron chi connectivity index (χ3n) is 2.19. The number of aromatic nitrogens is 2. The van der Waals surface area contributed by atoms with E-state index in [1.165, 1.54) is 0 Å². The van der Waals surface area contributed by atoms with Crippen LogP contribution in [-0.2, 0) is 4.79 Å². The van der Waals surface area contributed by atoms with E-state index in [-0.39, 0.29) is 23.8 Å². The van der Waals surface area contributed by atoms with Crippen molar-refractivity contribution in [2.45, 2.75) is 26.1 Å². The van der Waals surface area contributed by atoms with E-state index in [2.05, 4.69) is 15.5 Å². The number of anilines is 1. The predicted octanol–water partition coefficient (Wildman–Crippen LogP) is 1.58. The zero-order valence-electron chi connectivity index (χ0n) is 11.1. The van der Waals surface area contributed by atoms with E-state index >= 15 is 0 Å². The van der Waals surface area contributed by atoms with Crippen molar-refractivity contribution in [3.8, 4) is 0 Å². The number of rotatable bonds is 6. The lowest BCUT2D eigenvalue weighted by atomic mass is 10.2. The van der Waals surface area contributed by atoms with Gasteiger partial charge in [-0.1, -0.05) is 18.9 Å². The highest BCUT2D eigenvalue weighted by Crippen LogP contribution is 2.20. The minimum atomic E-state index is -0.339. The molecule has 6 nitrogen and oxygen atoms in total. The fourth-order valence-electron chi connectivity index (χ4n) is 1.20. The fourth-order valence-corrected chi connectivity index (χ4v) is 1.29. The monoisotopic (exact) mass is 274 g/mol. The van der Waals surface area contributed by atoms with Crippen molar-refractivity contribution in [1.82, 2.24) is 15.5 Å². The van der Waals surface area contributed by atoms with Crippen LogP contribution in [0.15, 0.2) is 4.42 Å². The molecule has 0 spiro atoms. The third-order valence-corrected chi connectivity index (χ3v) is 2.37. The zero-order valence-corrected chi connectivity index (χ0v) is 11.9. The van der Waals surface area contributed by atoms with Crippen molar-refractivity contribution in [1.29, 1.82) is 0 Å². The number of hydrogen-bond acceptors (Lipinski definition) is 5. The molecule has 0 radical (unpaired) electrons. The molecule has 1 heterocycles. The summed E-state index contributed by atoms with van der Waals surface area (Å²) in [4.78, 5) is 13.2. The molecular weight excluding hydrogens is 256 g/mol. The minimum absolute atomic E-state index is 0.0788. The van der Waals surface area contributed by atoms with Crippen LogP contribution in [0.4, 0.5) is 6.01 Å². The van der Waals surface area contributed by atoms with Crippen molar-refractivity contribution >= 4 is 23.5 Å². The molecule has 0 bridgehead atoms. The number of nitrogens with zero attached hydrogens (tertiary/aromatic N) is 3. The molecule has 0 saturated heterocycles. The highest BCUT2D eigenvalue weighted by molar-refractivity contribution is 6.20. The number of halogens is 1. The van der Waals surface area contributed by atoms with Crippen molar-refractivity contribution in [2.75, 3.05) is 25.0 Å². The maximum Gasteiger partial charge on any atom is 0.318 e. The topological polar surface area (TPSA) is 71.3 Å². The van der Waals surface area contributed by atoms with Crippen LogP contribution in [0.3, 0.4) is 0 Å². The van der Waals surface area contributed by atoms with Gasteiger partial charge in [0.1, 0.15) is 11.9 Å². The lowest BCUT2D eigenvalue weighted by Crippen LogP contribution is -2.37. The first-order valence-electron chi connectivity index (χ1n) is 5.85. The number of likely N-dealkylation sites (N-methyl/N-ethyl adjacent to an activating group) is 1. The van der Waals surface area contributed by atoms with E-state index in [1.54, 1.807) is 18.9 Å². The van der Waals surface area contributed by atoms with E-state index in [0.717, 1.165) is 0 Å². The first-order chi connectivity index (χ1) is 8.40. The molecule has 18 heavy (non-hydrogen) atoms. The molecule has 1 atom stereocenters. The summed E-state index contributed by atoms with van der Waals surface area (Å²) in [6.07, 6.45) is 0. The van der Waals surface area contributed by atoms with Gasteiger partial charge in [-0.15, -0.1) is 16.7 Å². The van der Waals surface area contributed by atoms with Crippen molar-refractivity contribution in [3.63, 3.8) is 0 Å². The zero-order chi connectivity index (χ0) is 13.7. The average molecular weight is 275 g/mol. The fraction of sp³-hybridized carbons (Fsp3) is 0.727. The van der Waals surface area contributed by atoms with Gasteiger partial charge in [0.25, 0.3) is 0 Å². The van der Waals surface area contributed by atoms with Gasteiger partial charge in [-0.2, -0.15) is 0 Å². The molecule has 0 aliphatic carbocycles. The Kier molecular flexibility index (Phi) is 5.40. The van der Waals surface area contributed by atoms with Gasteiger partial charge in [0.2, 0.25) is 11.8 Å².